The van der Waals surface area contributed by atoms with Crippen LogP contribution in [0.5, 0.6) is 0 Å². The molecule has 2 aromatic rings. The molecular weight excluding hydrogens is 448 g/mol. The average Bonchev–Trinajstić information content (AvgIpc) is 3.09. The summed E-state index contributed by atoms with van der Waals surface area (Å²) in [4.78, 5) is 27.4. The quantitative estimate of drug-likeness (QED) is 0.637. The van der Waals surface area contributed by atoms with Crippen LogP contribution in [0.25, 0.3) is 11.1 Å². The van der Waals surface area contributed by atoms with Gasteiger partial charge < -0.3 is 10.2 Å². The van der Waals surface area contributed by atoms with Crippen LogP contribution >= 0.6 is 0 Å². The van der Waals surface area contributed by atoms with Crippen LogP contribution in [0.2, 0.25) is 0 Å². The van der Waals surface area contributed by atoms with E-state index in [2.05, 4.69) is 67.5 Å². The van der Waals surface area contributed by atoms with Crippen molar-refractivity contribution >= 4 is 17.3 Å². The molecule has 0 radical (unpaired) electrons. The topological polar surface area (TPSA) is 72.9 Å². The van der Waals surface area contributed by atoms with Gasteiger partial charge in [-0.05, 0) is 62.3 Å². The molecule has 0 saturated carbocycles. The van der Waals surface area contributed by atoms with E-state index in [1.165, 1.54) is 24.9 Å². The number of piperidine rings is 2. The van der Waals surface area contributed by atoms with Crippen LogP contribution in [0.15, 0.2) is 41.7 Å². The van der Waals surface area contributed by atoms with Crippen molar-refractivity contribution in [3.63, 3.8) is 0 Å². The minimum Gasteiger partial charge on any atom is -0.370 e. The van der Waals surface area contributed by atoms with E-state index in [0.29, 0.717) is 18.9 Å². The smallest absolute Gasteiger partial charge is 0.270 e. The zero-order chi connectivity index (χ0) is 24.9. The van der Waals surface area contributed by atoms with Gasteiger partial charge in [-0.1, -0.05) is 18.1 Å². The van der Waals surface area contributed by atoms with Gasteiger partial charge in [0.15, 0.2) is 0 Å². The minimum atomic E-state index is -0.0973. The molecule has 1 unspecified atom stereocenters. The van der Waals surface area contributed by atoms with Crippen LogP contribution in [-0.4, -0.2) is 66.9 Å². The predicted octanol–water partition coefficient (Wildman–Crippen LogP) is 3.36. The minimum absolute atomic E-state index is 0.0973. The number of hydrogen-bond acceptors (Lipinski definition) is 6. The Labute approximate surface area is 214 Å². The SMILES string of the molecule is C#CCN1CCC(NC(=O)C2=NCNC(C)c3ccc(-c4cncc(N5CCCCC5)c4)cc32)CC1. The molecule has 188 valence electrons. The number of amides is 1. The Kier molecular flexibility index (Phi) is 7.64. The fourth-order valence-electron chi connectivity index (χ4n) is 5.50. The molecule has 3 aliphatic rings. The second kappa shape index (κ2) is 11.2. The number of aliphatic imine (C=N–C) groups is 1. The van der Waals surface area contributed by atoms with Crippen molar-refractivity contribution in [3.05, 3.63) is 47.8 Å². The molecule has 2 saturated heterocycles. The number of pyridine rings is 1. The van der Waals surface area contributed by atoms with E-state index in [9.17, 15) is 4.79 Å². The molecular formula is C29H36N6O. The van der Waals surface area contributed by atoms with Crippen LogP contribution in [0.3, 0.4) is 0 Å². The Hall–Kier alpha value is -3.21. The predicted molar refractivity (Wildman–Crippen MR) is 145 cm³/mol. The van der Waals surface area contributed by atoms with Gasteiger partial charge in [0, 0.05) is 55.6 Å². The fraction of sp³-hybridized carbons (Fsp3) is 0.483. The first-order chi connectivity index (χ1) is 17.6. The van der Waals surface area contributed by atoms with E-state index in [1.807, 2.05) is 12.4 Å². The highest BCUT2D eigenvalue weighted by atomic mass is 16.2. The Morgan fingerprint density at radius 2 is 1.92 bits per heavy atom. The lowest BCUT2D eigenvalue weighted by atomic mass is 9.93. The summed E-state index contributed by atoms with van der Waals surface area (Å²) in [5.74, 6) is 2.62. The number of carbonyl (C=O) groups is 1. The lowest BCUT2D eigenvalue weighted by molar-refractivity contribution is -0.115. The van der Waals surface area contributed by atoms with E-state index >= 15 is 0 Å². The van der Waals surface area contributed by atoms with Gasteiger partial charge in [-0.2, -0.15) is 0 Å². The second-order valence-electron chi connectivity index (χ2n) is 10.1. The molecule has 3 aliphatic heterocycles. The number of rotatable bonds is 5. The summed E-state index contributed by atoms with van der Waals surface area (Å²) in [6, 6.07) is 8.84. The van der Waals surface area contributed by atoms with Gasteiger partial charge in [-0.15, -0.1) is 6.42 Å². The normalized spacial score (nSPS) is 21.2. The van der Waals surface area contributed by atoms with Gasteiger partial charge in [0.05, 0.1) is 25.1 Å². The van der Waals surface area contributed by atoms with Gasteiger partial charge in [0.2, 0.25) is 0 Å². The zero-order valence-electron chi connectivity index (χ0n) is 21.2. The first-order valence-corrected chi connectivity index (χ1v) is 13.2. The lowest BCUT2D eigenvalue weighted by Gasteiger charge is -2.31. The Bertz CT molecular complexity index is 1150. The van der Waals surface area contributed by atoms with Crippen molar-refractivity contribution in [1.29, 1.82) is 0 Å². The molecule has 4 heterocycles. The molecule has 1 aromatic heterocycles. The van der Waals surface area contributed by atoms with Crippen LogP contribution in [0, 0.1) is 12.3 Å². The number of aromatic nitrogens is 1. The summed E-state index contributed by atoms with van der Waals surface area (Å²) in [5.41, 5.74) is 5.78. The monoisotopic (exact) mass is 484 g/mol. The number of likely N-dealkylation sites (tertiary alicyclic amines) is 1. The molecule has 0 aliphatic carbocycles. The Balaban J connectivity index is 1.39. The summed E-state index contributed by atoms with van der Waals surface area (Å²) < 4.78 is 0. The Morgan fingerprint density at radius 1 is 1.11 bits per heavy atom. The molecule has 2 fully saturated rings. The number of nitrogens with zero attached hydrogens (tertiary/aromatic N) is 4. The van der Waals surface area contributed by atoms with Crippen LogP contribution in [-0.2, 0) is 4.79 Å². The highest BCUT2D eigenvalue weighted by Crippen LogP contribution is 2.30. The van der Waals surface area contributed by atoms with E-state index in [0.717, 1.165) is 61.3 Å². The molecule has 5 rings (SSSR count). The third kappa shape index (κ3) is 5.45. The highest BCUT2D eigenvalue weighted by Gasteiger charge is 2.27. The van der Waals surface area contributed by atoms with E-state index in [1.54, 1.807) is 0 Å². The van der Waals surface area contributed by atoms with Gasteiger partial charge in [-0.25, -0.2) is 0 Å². The maximum Gasteiger partial charge on any atom is 0.270 e. The third-order valence-electron chi connectivity index (χ3n) is 7.64. The first kappa shape index (κ1) is 24.5. The molecule has 1 atom stereocenters. The van der Waals surface area contributed by atoms with Gasteiger partial charge >= 0.3 is 0 Å². The number of carbonyl (C=O) groups excluding carboxylic acids is 1. The van der Waals surface area contributed by atoms with Crippen molar-refractivity contribution in [2.24, 2.45) is 4.99 Å². The van der Waals surface area contributed by atoms with Gasteiger partial charge in [0.25, 0.3) is 5.91 Å². The standard InChI is InChI=1S/C29H36N6O/c1-3-11-34-14-9-24(10-15-34)33-29(36)28-27-17-22(7-8-26(27)21(2)31-20-32-28)23-16-25(19-30-18-23)35-12-5-4-6-13-35/h1,7-8,16-19,21,24,31H,4-6,9-15,20H2,2H3,(H,33,36). The number of benzene rings is 1. The van der Waals surface area contributed by atoms with Gasteiger partial charge in [-0.3, -0.25) is 25.0 Å². The summed E-state index contributed by atoms with van der Waals surface area (Å²) in [5, 5.41) is 6.66. The van der Waals surface area contributed by atoms with Crippen LogP contribution in [0.4, 0.5) is 5.69 Å². The molecule has 0 bridgehead atoms. The average molecular weight is 485 g/mol. The maximum atomic E-state index is 13.5. The van der Waals surface area contributed by atoms with Crippen molar-refractivity contribution in [1.82, 2.24) is 20.5 Å². The van der Waals surface area contributed by atoms with E-state index < -0.39 is 0 Å². The molecule has 0 spiro atoms. The van der Waals surface area contributed by atoms with Crippen molar-refractivity contribution in [2.45, 2.75) is 51.1 Å². The summed E-state index contributed by atoms with van der Waals surface area (Å²) in [7, 11) is 0. The highest BCUT2D eigenvalue weighted by molar-refractivity contribution is 6.46. The van der Waals surface area contributed by atoms with Gasteiger partial charge in [0.1, 0.15) is 5.71 Å². The number of anilines is 1. The maximum absolute atomic E-state index is 13.5. The molecule has 7 nitrogen and oxygen atoms in total. The van der Waals surface area contributed by atoms with E-state index in [-0.39, 0.29) is 18.0 Å². The van der Waals surface area contributed by atoms with Crippen molar-refractivity contribution < 1.29 is 4.79 Å². The fourth-order valence-corrected chi connectivity index (χ4v) is 5.50. The third-order valence-corrected chi connectivity index (χ3v) is 7.64. The van der Waals surface area contributed by atoms with Crippen molar-refractivity contribution in [2.75, 3.05) is 44.3 Å². The Morgan fingerprint density at radius 3 is 2.69 bits per heavy atom. The lowest BCUT2D eigenvalue weighted by Crippen LogP contribution is -2.46. The molecule has 1 amide bonds. The summed E-state index contributed by atoms with van der Waals surface area (Å²) in [6.45, 7) is 7.17. The number of hydrogen-bond donors (Lipinski definition) is 2. The number of nitrogens with one attached hydrogen (secondary N) is 2. The number of terminal acetylenes is 1. The van der Waals surface area contributed by atoms with Crippen molar-refractivity contribution in [3.8, 4) is 23.5 Å². The summed E-state index contributed by atoms with van der Waals surface area (Å²) >= 11 is 0. The van der Waals surface area contributed by atoms with Crippen LogP contribution in [0.1, 0.15) is 56.2 Å². The molecule has 1 aromatic carbocycles. The molecule has 36 heavy (non-hydrogen) atoms. The molecule has 7 heteroatoms. The first-order valence-electron chi connectivity index (χ1n) is 13.2. The largest absolute Gasteiger partial charge is 0.370 e. The van der Waals surface area contributed by atoms with Crippen LogP contribution < -0.4 is 15.5 Å². The second-order valence-corrected chi connectivity index (χ2v) is 10.1. The number of fused-ring (bicyclic) bond motifs is 1. The summed E-state index contributed by atoms with van der Waals surface area (Å²) in [6.07, 6.45) is 14.9. The molecule has 2 N–H and O–H groups in total. The zero-order valence-corrected chi connectivity index (χ0v) is 21.2. The van der Waals surface area contributed by atoms with E-state index in [4.69, 9.17) is 6.42 Å².